The van der Waals surface area contributed by atoms with Gasteiger partial charge in [-0.2, -0.15) is 0 Å². The van der Waals surface area contributed by atoms with Crippen LogP contribution >= 0.6 is 0 Å². The second-order valence-electron chi connectivity index (χ2n) is 7.23. The van der Waals surface area contributed by atoms with Gasteiger partial charge in [0.1, 0.15) is 0 Å². The zero-order valence-corrected chi connectivity index (χ0v) is 14.8. The molecule has 1 aliphatic carbocycles. The topological polar surface area (TPSA) is 74.8 Å². The van der Waals surface area contributed by atoms with E-state index in [1.165, 1.54) is 0 Å². The number of nitrogens with zero attached hydrogens (tertiary/aromatic N) is 1. The molecule has 0 saturated heterocycles. The van der Waals surface area contributed by atoms with E-state index < -0.39 is 0 Å². The molecule has 3 aromatic rings. The van der Waals surface area contributed by atoms with E-state index in [9.17, 15) is 9.59 Å². The molecule has 0 bridgehead atoms. The molecular weight excluding hydrogens is 338 g/mol. The number of carbonyl (C=O) groups is 2. The Morgan fingerprint density at radius 3 is 2.59 bits per heavy atom. The van der Waals surface area contributed by atoms with E-state index in [4.69, 9.17) is 0 Å². The highest BCUT2D eigenvalue weighted by atomic mass is 16.1. The summed E-state index contributed by atoms with van der Waals surface area (Å²) in [4.78, 5) is 32.0. The maximum atomic E-state index is 12.2. The number of aromatic amines is 1. The fraction of sp³-hybridized carbons (Fsp3) is 0.227. The molecule has 1 aliphatic heterocycles. The molecule has 5 heteroatoms. The minimum atomic E-state index is -0.0241. The Hall–Kier alpha value is -3.21. The van der Waals surface area contributed by atoms with Gasteiger partial charge in [0.25, 0.3) is 5.91 Å². The number of carbonyl (C=O) groups excluding carboxylic acids is 2. The highest BCUT2D eigenvalue weighted by Crippen LogP contribution is 2.33. The largest absolute Gasteiger partial charge is 0.358 e. The number of aromatic nitrogens is 2. The van der Waals surface area contributed by atoms with E-state index >= 15 is 0 Å². The third kappa shape index (κ3) is 2.95. The van der Waals surface area contributed by atoms with E-state index in [0.29, 0.717) is 6.54 Å². The molecule has 2 N–H and O–H groups in total. The van der Waals surface area contributed by atoms with Gasteiger partial charge >= 0.3 is 0 Å². The summed E-state index contributed by atoms with van der Waals surface area (Å²) >= 11 is 0. The van der Waals surface area contributed by atoms with Gasteiger partial charge in [0, 0.05) is 53.2 Å². The summed E-state index contributed by atoms with van der Waals surface area (Å²) in [6.45, 7) is 0.666. The summed E-state index contributed by atoms with van der Waals surface area (Å²) < 4.78 is 0. The van der Waals surface area contributed by atoms with Gasteiger partial charge in [-0.05, 0) is 31.0 Å². The number of hydrogen-bond donors (Lipinski definition) is 2. The number of benzene rings is 1. The Morgan fingerprint density at radius 1 is 1.04 bits per heavy atom. The first-order valence-electron chi connectivity index (χ1n) is 9.30. The quantitative estimate of drug-likeness (QED) is 0.700. The van der Waals surface area contributed by atoms with Crippen LogP contribution in [-0.2, 0) is 6.42 Å². The number of pyridine rings is 1. The summed E-state index contributed by atoms with van der Waals surface area (Å²) in [6, 6.07) is 13.5. The summed E-state index contributed by atoms with van der Waals surface area (Å²) in [5.74, 6) is 0.455. The zero-order chi connectivity index (χ0) is 18.4. The maximum Gasteiger partial charge on any atom is 0.253 e. The van der Waals surface area contributed by atoms with Gasteiger partial charge < -0.3 is 10.3 Å². The normalized spacial score (nSPS) is 15.9. The highest BCUT2D eigenvalue weighted by Gasteiger charge is 2.30. The number of Topliss-reactive ketones (excluding diaryl/α,β-unsaturated/α-hetero) is 1. The van der Waals surface area contributed by atoms with E-state index in [0.717, 1.165) is 58.6 Å². The number of fused-ring (bicyclic) bond motifs is 1. The van der Waals surface area contributed by atoms with Crippen LogP contribution in [0, 0.1) is 5.92 Å². The first-order chi connectivity index (χ1) is 13.2. The number of nitrogens with one attached hydrogen (secondary N) is 2. The fourth-order valence-electron chi connectivity index (χ4n) is 3.59. The van der Waals surface area contributed by atoms with Crippen LogP contribution < -0.4 is 5.32 Å². The SMILES string of the molecule is O=C1NCCc2[nH]c(-c3ccnc(-c4ccc(C(=O)C5CC5)cc4)c3)cc21. The van der Waals surface area contributed by atoms with Crippen LogP contribution in [0.1, 0.15) is 39.3 Å². The lowest BCUT2D eigenvalue weighted by Crippen LogP contribution is -2.31. The molecule has 0 spiro atoms. The molecule has 2 aliphatic rings. The van der Waals surface area contributed by atoms with Crippen LogP contribution in [0.5, 0.6) is 0 Å². The molecule has 27 heavy (non-hydrogen) atoms. The van der Waals surface area contributed by atoms with Crippen molar-refractivity contribution in [2.75, 3.05) is 6.54 Å². The Bertz CT molecular complexity index is 1050. The molecule has 5 rings (SSSR count). The van der Waals surface area contributed by atoms with Crippen molar-refractivity contribution in [1.82, 2.24) is 15.3 Å². The van der Waals surface area contributed by atoms with E-state index in [1.54, 1.807) is 6.20 Å². The van der Waals surface area contributed by atoms with Gasteiger partial charge in [-0.25, -0.2) is 0 Å². The fourth-order valence-corrected chi connectivity index (χ4v) is 3.59. The molecular formula is C22H19N3O2. The third-order valence-electron chi connectivity index (χ3n) is 5.29. The van der Waals surface area contributed by atoms with Crippen molar-refractivity contribution in [3.05, 3.63) is 65.5 Å². The van der Waals surface area contributed by atoms with Crippen LogP contribution in [0.3, 0.4) is 0 Å². The van der Waals surface area contributed by atoms with Crippen LogP contribution in [0.15, 0.2) is 48.7 Å². The van der Waals surface area contributed by atoms with Gasteiger partial charge in [0.2, 0.25) is 0 Å². The van der Waals surface area contributed by atoms with E-state index in [-0.39, 0.29) is 17.6 Å². The smallest absolute Gasteiger partial charge is 0.253 e. The number of ketones is 1. The van der Waals surface area contributed by atoms with Gasteiger partial charge in [0.15, 0.2) is 5.78 Å². The first kappa shape index (κ1) is 16.0. The molecule has 3 heterocycles. The van der Waals surface area contributed by atoms with Crippen LogP contribution in [-0.4, -0.2) is 28.2 Å². The van der Waals surface area contributed by atoms with Crippen molar-refractivity contribution < 1.29 is 9.59 Å². The maximum absolute atomic E-state index is 12.2. The molecule has 2 aromatic heterocycles. The summed E-state index contributed by atoms with van der Waals surface area (Å²) in [5, 5.41) is 2.87. The van der Waals surface area contributed by atoms with Gasteiger partial charge in [-0.15, -0.1) is 0 Å². The minimum Gasteiger partial charge on any atom is -0.358 e. The monoisotopic (exact) mass is 357 g/mol. The predicted octanol–water partition coefficient (Wildman–Crippen LogP) is 3.62. The molecule has 134 valence electrons. The van der Waals surface area contributed by atoms with Crippen LogP contribution in [0.25, 0.3) is 22.5 Å². The van der Waals surface area contributed by atoms with Crippen molar-refractivity contribution >= 4 is 11.7 Å². The average Bonchev–Trinajstić information content (AvgIpc) is 3.46. The molecule has 1 amide bonds. The third-order valence-corrected chi connectivity index (χ3v) is 5.29. The lowest BCUT2D eigenvalue weighted by atomic mass is 10.0. The molecule has 1 fully saturated rings. The number of hydrogen-bond acceptors (Lipinski definition) is 3. The van der Waals surface area contributed by atoms with Crippen molar-refractivity contribution in [2.45, 2.75) is 19.3 Å². The molecule has 5 nitrogen and oxygen atoms in total. The minimum absolute atomic E-state index is 0.0241. The van der Waals surface area contributed by atoms with Crippen molar-refractivity contribution in [3.63, 3.8) is 0 Å². The van der Waals surface area contributed by atoms with E-state index in [2.05, 4.69) is 15.3 Å². The predicted molar refractivity (Wildman–Crippen MR) is 103 cm³/mol. The number of rotatable bonds is 4. The lowest BCUT2D eigenvalue weighted by molar-refractivity contribution is 0.0943. The Morgan fingerprint density at radius 2 is 1.85 bits per heavy atom. The average molecular weight is 357 g/mol. The van der Waals surface area contributed by atoms with Crippen LogP contribution in [0.4, 0.5) is 0 Å². The summed E-state index contributed by atoms with van der Waals surface area (Å²) in [7, 11) is 0. The second-order valence-corrected chi connectivity index (χ2v) is 7.23. The molecule has 1 saturated carbocycles. The Balaban J connectivity index is 1.45. The Labute approximate surface area is 156 Å². The standard InChI is InChI=1S/C22H19N3O2/c26-21(15-5-6-15)14-3-1-13(2-4-14)19-11-16(7-9-23-19)20-12-17-18(25-20)8-10-24-22(17)27/h1-4,7,9,11-12,15,25H,5-6,8,10H2,(H,24,27). The lowest BCUT2D eigenvalue weighted by Gasteiger charge is -2.11. The number of H-pyrrole nitrogens is 1. The van der Waals surface area contributed by atoms with Crippen molar-refractivity contribution in [2.24, 2.45) is 5.92 Å². The molecule has 0 atom stereocenters. The second kappa shape index (κ2) is 6.20. The Kier molecular flexibility index (Phi) is 3.67. The zero-order valence-electron chi connectivity index (χ0n) is 14.8. The van der Waals surface area contributed by atoms with Gasteiger partial charge in [0.05, 0.1) is 11.3 Å². The summed E-state index contributed by atoms with van der Waals surface area (Å²) in [6.07, 6.45) is 4.62. The molecule has 0 radical (unpaired) electrons. The number of amides is 1. The van der Waals surface area contributed by atoms with Gasteiger partial charge in [-0.3, -0.25) is 14.6 Å². The van der Waals surface area contributed by atoms with E-state index in [1.807, 2.05) is 42.5 Å². The first-order valence-corrected chi connectivity index (χ1v) is 9.30. The van der Waals surface area contributed by atoms with Crippen molar-refractivity contribution in [1.29, 1.82) is 0 Å². The highest BCUT2D eigenvalue weighted by molar-refractivity contribution is 5.99. The van der Waals surface area contributed by atoms with Gasteiger partial charge in [-0.1, -0.05) is 24.3 Å². The molecule has 1 aromatic carbocycles. The van der Waals surface area contributed by atoms with Crippen molar-refractivity contribution in [3.8, 4) is 22.5 Å². The summed E-state index contributed by atoms with van der Waals surface area (Å²) in [5.41, 5.74) is 6.20. The van der Waals surface area contributed by atoms with Crippen LogP contribution in [0.2, 0.25) is 0 Å². The molecule has 0 unspecified atom stereocenters.